The van der Waals surface area contributed by atoms with Gasteiger partial charge in [-0.05, 0) is 45.2 Å². The Morgan fingerprint density at radius 2 is 1.74 bits per heavy atom. The van der Waals surface area contributed by atoms with Crippen LogP contribution in [0, 0.1) is 0 Å². The van der Waals surface area contributed by atoms with Crippen LogP contribution in [-0.2, 0) is 22.5 Å². The summed E-state index contributed by atoms with van der Waals surface area (Å²) in [7, 11) is 0. The van der Waals surface area contributed by atoms with Gasteiger partial charge in [0.25, 0.3) is 0 Å². The molecule has 34 heavy (non-hydrogen) atoms. The molecule has 0 spiro atoms. The van der Waals surface area contributed by atoms with Crippen LogP contribution in [0.1, 0.15) is 54.6 Å². The summed E-state index contributed by atoms with van der Waals surface area (Å²) in [5.74, 6) is -3.22. The van der Waals surface area contributed by atoms with Gasteiger partial charge in [0.2, 0.25) is 0 Å². The van der Waals surface area contributed by atoms with Crippen LogP contribution >= 0.6 is 0 Å². The van der Waals surface area contributed by atoms with E-state index in [-0.39, 0.29) is 5.56 Å². The molecule has 174 valence electrons. The minimum atomic E-state index is -1.46. The minimum absolute atomic E-state index is 0.269. The standard InChI is InChI=1S/C27H26N2O5/c1-27(2,3)34-26(33)29-15-19(17-10-4-5-12-21(17)29)22(25(31)32)24(30)20-14-28-13-7-9-16-8-6-11-18(20)23(16)28/h4-6,8,10-12,14-15,22H,7,9,13H2,1-3H3,(H,31,32). The Morgan fingerprint density at radius 3 is 2.47 bits per heavy atom. The zero-order valence-electron chi connectivity index (χ0n) is 19.4. The quantitative estimate of drug-likeness (QED) is 0.328. The van der Waals surface area contributed by atoms with Crippen LogP contribution in [-0.4, -0.2) is 37.7 Å². The number of ether oxygens (including phenoxy) is 1. The zero-order valence-corrected chi connectivity index (χ0v) is 19.4. The van der Waals surface area contributed by atoms with Crippen molar-refractivity contribution >= 4 is 39.7 Å². The summed E-state index contributed by atoms with van der Waals surface area (Å²) < 4.78 is 8.85. The smallest absolute Gasteiger partial charge is 0.419 e. The summed E-state index contributed by atoms with van der Waals surface area (Å²) in [6, 6.07) is 12.8. The first-order chi connectivity index (χ1) is 16.2. The highest BCUT2D eigenvalue weighted by Gasteiger charge is 2.35. The van der Waals surface area contributed by atoms with Crippen LogP contribution in [0.15, 0.2) is 54.9 Å². The van der Waals surface area contributed by atoms with E-state index in [4.69, 9.17) is 4.74 Å². The molecular formula is C27H26N2O5. The molecule has 3 heterocycles. The molecule has 0 radical (unpaired) electrons. The van der Waals surface area contributed by atoms with Crippen molar-refractivity contribution in [3.05, 3.63) is 71.5 Å². The molecule has 0 fully saturated rings. The first-order valence-electron chi connectivity index (χ1n) is 11.4. The molecule has 7 nitrogen and oxygen atoms in total. The van der Waals surface area contributed by atoms with Crippen molar-refractivity contribution in [3.63, 3.8) is 0 Å². The molecule has 1 unspecified atom stereocenters. The Hall–Kier alpha value is -3.87. The average Bonchev–Trinajstić information content (AvgIpc) is 3.34. The van der Waals surface area contributed by atoms with Crippen molar-refractivity contribution in [2.45, 2.75) is 51.7 Å². The van der Waals surface area contributed by atoms with Gasteiger partial charge >= 0.3 is 12.1 Å². The number of fused-ring (bicyclic) bond motifs is 1. The highest BCUT2D eigenvalue weighted by molar-refractivity contribution is 6.19. The third kappa shape index (κ3) is 3.57. The largest absolute Gasteiger partial charge is 0.480 e. The number of para-hydroxylation sites is 2. The van der Waals surface area contributed by atoms with Gasteiger partial charge in [0, 0.05) is 40.8 Å². The molecule has 1 atom stereocenters. The van der Waals surface area contributed by atoms with Crippen LogP contribution < -0.4 is 0 Å². The Kier molecular flexibility index (Phi) is 5.08. The number of rotatable bonds is 4. The number of aromatic nitrogens is 2. The number of carboxylic acids is 1. The summed E-state index contributed by atoms with van der Waals surface area (Å²) in [5.41, 5.74) is 2.59. The molecule has 0 bridgehead atoms. The van der Waals surface area contributed by atoms with Gasteiger partial charge in [0.15, 0.2) is 5.78 Å². The van der Waals surface area contributed by atoms with E-state index in [2.05, 4.69) is 6.07 Å². The van der Waals surface area contributed by atoms with Crippen LogP contribution in [0.3, 0.4) is 0 Å². The molecule has 1 aliphatic heterocycles. The molecule has 7 heteroatoms. The molecule has 2 aromatic heterocycles. The lowest BCUT2D eigenvalue weighted by atomic mass is 9.90. The molecule has 0 saturated heterocycles. The predicted octanol–water partition coefficient (Wildman–Crippen LogP) is 5.38. The normalized spacial score (nSPS) is 14.3. The SMILES string of the molecule is CC(C)(C)OC(=O)n1cc(C(C(=O)O)C(=O)c2cn3c4c(cccc24)CCC3)c2ccccc21. The monoisotopic (exact) mass is 458 g/mol. The summed E-state index contributed by atoms with van der Waals surface area (Å²) >= 11 is 0. The molecular weight excluding hydrogens is 432 g/mol. The van der Waals surface area contributed by atoms with E-state index in [9.17, 15) is 19.5 Å². The van der Waals surface area contributed by atoms with Crippen LogP contribution in [0.4, 0.5) is 4.79 Å². The van der Waals surface area contributed by atoms with Gasteiger partial charge in [-0.25, -0.2) is 4.79 Å². The zero-order chi connectivity index (χ0) is 24.2. The van der Waals surface area contributed by atoms with Crippen LogP contribution in [0.2, 0.25) is 0 Å². The molecule has 1 aliphatic rings. The number of carbonyl (C=O) groups is 3. The molecule has 0 amide bonds. The second-order valence-electron chi connectivity index (χ2n) is 9.74. The Bertz CT molecular complexity index is 1470. The maximum Gasteiger partial charge on any atom is 0.419 e. The van der Waals surface area contributed by atoms with Crippen molar-refractivity contribution < 1.29 is 24.2 Å². The fourth-order valence-electron chi connectivity index (χ4n) is 4.89. The van der Waals surface area contributed by atoms with E-state index in [0.717, 1.165) is 35.9 Å². The maximum absolute atomic E-state index is 13.8. The number of carbonyl (C=O) groups excluding carboxylic acids is 2. The lowest BCUT2D eigenvalue weighted by Crippen LogP contribution is -2.27. The number of nitrogens with zero attached hydrogens (tertiary/aromatic N) is 2. The highest BCUT2D eigenvalue weighted by Crippen LogP contribution is 2.35. The van der Waals surface area contributed by atoms with E-state index < -0.39 is 29.4 Å². The number of benzene rings is 2. The third-order valence-electron chi connectivity index (χ3n) is 6.25. The van der Waals surface area contributed by atoms with E-state index in [1.54, 1.807) is 51.2 Å². The van der Waals surface area contributed by atoms with Crippen LogP contribution in [0.25, 0.3) is 21.8 Å². The van der Waals surface area contributed by atoms with Crippen molar-refractivity contribution in [2.24, 2.45) is 0 Å². The fraction of sp³-hybridized carbons (Fsp3) is 0.296. The summed E-state index contributed by atoms with van der Waals surface area (Å²) in [6.45, 7) is 6.07. The maximum atomic E-state index is 13.8. The molecule has 1 N–H and O–H groups in total. The van der Waals surface area contributed by atoms with Gasteiger partial charge in [-0.1, -0.05) is 36.4 Å². The number of aryl methyl sites for hydroxylation is 2. The number of aliphatic carboxylic acids is 1. The first-order valence-corrected chi connectivity index (χ1v) is 11.4. The van der Waals surface area contributed by atoms with Crippen molar-refractivity contribution in [1.82, 2.24) is 9.13 Å². The van der Waals surface area contributed by atoms with Crippen molar-refractivity contribution in [3.8, 4) is 0 Å². The molecule has 2 aromatic carbocycles. The second-order valence-corrected chi connectivity index (χ2v) is 9.74. The topological polar surface area (TPSA) is 90.5 Å². The highest BCUT2D eigenvalue weighted by atomic mass is 16.6. The van der Waals surface area contributed by atoms with E-state index >= 15 is 0 Å². The number of hydrogen-bond donors (Lipinski definition) is 1. The van der Waals surface area contributed by atoms with Gasteiger partial charge in [-0.3, -0.25) is 14.2 Å². The fourth-order valence-corrected chi connectivity index (χ4v) is 4.89. The summed E-state index contributed by atoms with van der Waals surface area (Å²) in [5, 5.41) is 11.5. The van der Waals surface area contributed by atoms with Crippen LogP contribution in [0.5, 0.6) is 0 Å². The number of Topliss-reactive ketones (excluding diaryl/α,β-unsaturated/α-hetero) is 1. The Balaban J connectivity index is 1.66. The van der Waals surface area contributed by atoms with Gasteiger partial charge < -0.3 is 14.4 Å². The third-order valence-corrected chi connectivity index (χ3v) is 6.25. The lowest BCUT2D eigenvalue weighted by molar-refractivity contribution is -0.137. The van der Waals surface area contributed by atoms with Gasteiger partial charge in [-0.15, -0.1) is 0 Å². The number of carboxylic acid groups (broad SMARTS) is 1. The Morgan fingerprint density at radius 1 is 1.00 bits per heavy atom. The number of ketones is 1. The molecule has 0 saturated carbocycles. The molecule has 4 aromatic rings. The van der Waals surface area contributed by atoms with Gasteiger partial charge in [-0.2, -0.15) is 0 Å². The second kappa shape index (κ2) is 7.87. The first kappa shape index (κ1) is 21.9. The van der Waals surface area contributed by atoms with Crippen molar-refractivity contribution in [1.29, 1.82) is 0 Å². The minimum Gasteiger partial charge on any atom is -0.480 e. The predicted molar refractivity (Wildman–Crippen MR) is 129 cm³/mol. The molecule has 0 aliphatic carbocycles. The van der Waals surface area contributed by atoms with Crippen molar-refractivity contribution in [2.75, 3.05) is 0 Å². The molecule has 5 rings (SSSR count). The number of hydrogen-bond acceptors (Lipinski definition) is 4. The Labute approximate surface area is 196 Å². The summed E-state index contributed by atoms with van der Waals surface area (Å²) in [4.78, 5) is 39.2. The van der Waals surface area contributed by atoms with Gasteiger partial charge in [0.1, 0.15) is 11.5 Å². The van der Waals surface area contributed by atoms with Gasteiger partial charge in [0.05, 0.1) is 11.0 Å². The average molecular weight is 459 g/mol. The van der Waals surface area contributed by atoms with E-state index in [1.165, 1.54) is 10.8 Å². The summed E-state index contributed by atoms with van der Waals surface area (Å²) in [6.07, 6.45) is 4.48. The van der Waals surface area contributed by atoms with E-state index in [0.29, 0.717) is 16.5 Å². The lowest BCUT2D eigenvalue weighted by Gasteiger charge is -2.19. The van der Waals surface area contributed by atoms with E-state index in [1.807, 2.05) is 16.7 Å².